The fourth-order valence-electron chi connectivity index (χ4n) is 2.82. The Labute approximate surface area is 121 Å². The van der Waals surface area contributed by atoms with E-state index in [2.05, 4.69) is 5.16 Å². The highest BCUT2D eigenvalue weighted by Crippen LogP contribution is 2.41. The minimum atomic E-state index is -0.0470. The van der Waals surface area contributed by atoms with Gasteiger partial charge in [-0.05, 0) is 30.5 Å². The number of ether oxygens (including phenoxy) is 3. The van der Waals surface area contributed by atoms with Crippen LogP contribution < -0.4 is 15.2 Å². The van der Waals surface area contributed by atoms with Crippen molar-refractivity contribution in [1.29, 1.82) is 0 Å². The molecule has 1 unspecified atom stereocenters. The minimum absolute atomic E-state index is 0.0470. The van der Waals surface area contributed by atoms with E-state index in [1.807, 2.05) is 18.2 Å². The first-order valence-corrected chi connectivity index (χ1v) is 7.09. The van der Waals surface area contributed by atoms with Crippen molar-refractivity contribution in [3.63, 3.8) is 0 Å². The van der Waals surface area contributed by atoms with E-state index in [0.717, 1.165) is 47.8 Å². The van der Waals surface area contributed by atoms with Gasteiger partial charge in [-0.2, -0.15) is 0 Å². The normalized spacial score (nSPS) is 20.7. The number of fused-ring (bicyclic) bond motifs is 1. The molecule has 6 nitrogen and oxygen atoms in total. The number of rotatable bonds is 2. The molecule has 3 heterocycles. The molecule has 4 rings (SSSR count). The van der Waals surface area contributed by atoms with Crippen LogP contribution in [0.5, 0.6) is 11.5 Å². The number of hydrogen-bond donors (Lipinski definition) is 1. The third-order valence-electron chi connectivity index (χ3n) is 3.81. The Hall–Kier alpha value is -2.21. The zero-order valence-corrected chi connectivity index (χ0v) is 11.5. The van der Waals surface area contributed by atoms with E-state index in [1.54, 1.807) is 0 Å². The van der Waals surface area contributed by atoms with Crippen LogP contribution in [-0.4, -0.2) is 25.0 Å². The minimum Gasteiger partial charge on any atom is -0.486 e. The van der Waals surface area contributed by atoms with Crippen LogP contribution in [0.25, 0.3) is 11.1 Å². The smallest absolute Gasteiger partial charge is 0.230 e. The van der Waals surface area contributed by atoms with Gasteiger partial charge in [0.2, 0.25) is 5.88 Å². The van der Waals surface area contributed by atoms with Crippen molar-refractivity contribution >= 4 is 5.88 Å². The molecule has 6 heteroatoms. The number of anilines is 1. The first-order chi connectivity index (χ1) is 10.3. The fraction of sp³-hybridized carbons (Fsp3) is 0.400. The monoisotopic (exact) mass is 288 g/mol. The second kappa shape index (κ2) is 4.96. The second-order valence-electron chi connectivity index (χ2n) is 5.17. The molecule has 0 radical (unpaired) electrons. The van der Waals surface area contributed by atoms with Crippen LogP contribution in [0.4, 0.5) is 5.88 Å². The number of nitrogens with two attached hydrogens (primary N) is 1. The van der Waals surface area contributed by atoms with Crippen LogP contribution in [0.15, 0.2) is 22.7 Å². The van der Waals surface area contributed by atoms with Crippen molar-refractivity contribution < 1.29 is 18.7 Å². The Morgan fingerprint density at radius 2 is 1.95 bits per heavy atom. The van der Waals surface area contributed by atoms with E-state index >= 15 is 0 Å². The molecule has 2 aliphatic rings. The lowest BCUT2D eigenvalue weighted by Crippen LogP contribution is -2.15. The van der Waals surface area contributed by atoms with Gasteiger partial charge in [-0.3, -0.25) is 0 Å². The lowest BCUT2D eigenvalue weighted by molar-refractivity contribution is 0.106. The Bertz CT molecular complexity index is 662. The first kappa shape index (κ1) is 12.5. The van der Waals surface area contributed by atoms with E-state index < -0.39 is 0 Å². The standard InChI is InChI=1S/C15H16N2O4/c16-15-13(14(17-21-15)11-2-1-5-18-11)9-3-4-10-12(8-9)20-7-6-19-10/h3-4,8,11H,1-2,5-7,16H2. The van der Waals surface area contributed by atoms with Gasteiger partial charge < -0.3 is 24.5 Å². The van der Waals surface area contributed by atoms with Crippen molar-refractivity contribution in [2.24, 2.45) is 0 Å². The number of nitrogens with zero attached hydrogens (tertiary/aromatic N) is 1. The summed E-state index contributed by atoms with van der Waals surface area (Å²) < 4.78 is 22.0. The molecular formula is C15H16N2O4. The molecule has 1 fully saturated rings. The molecule has 0 spiro atoms. The van der Waals surface area contributed by atoms with Gasteiger partial charge in [0.25, 0.3) is 0 Å². The summed E-state index contributed by atoms with van der Waals surface area (Å²) in [7, 11) is 0. The van der Waals surface area contributed by atoms with E-state index in [9.17, 15) is 0 Å². The maximum atomic E-state index is 5.96. The van der Waals surface area contributed by atoms with Gasteiger partial charge in [0, 0.05) is 6.61 Å². The summed E-state index contributed by atoms with van der Waals surface area (Å²) in [5.74, 6) is 1.77. The molecule has 0 bridgehead atoms. The van der Waals surface area contributed by atoms with Gasteiger partial charge in [0.05, 0.1) is 5.56 Å². The predicted octanol–water partition coefficient (Wildman–Crippen LogP) is 2.55. The summed E-state index contributed by atoms with van der Waals surface area (Å²) >= 11 is 0. The second-order valence-corrected chi connectivity index (χ2v) is 5.17. The summed E-state index contributed by atoms with van der Waals surface area (Å²) in [4.78, 5) is 0. The largest absolute Gasteiger partial charge is 0.486 e. The molecule has 2 N–H and O–H groups in total. The van der Waals surface area contributed by atoms with Crippen LogP contribution in [0, 0.1) is 0 Å². The van der Waals surface area contributed by atoms with Crippen LogP contribution in [0.3, 0.4) is 0 Å². The molecule has 0 aliphatic carbocycles. The Morgan fingerprint density at radius 1 is 1.10 bits per heavy atom. The third-order valence-corrected chi connectivity index (χ3v) is 3.81. The lowest BCUT2D eigenvalue weighted by Gasteiger charge is -2.19. The van der Waals surface area contributed by atoms with Crippen molar-refractivity contribution in [3.8, 4) is 22.6 Å². The third kappa shape index (κ3) is 2.12. The quantitative estimate of drug-likeness (QED) is 0.914. The molecule has 2 aliphatic heterocycles. The van der Waals surface area contributed by atoms with Crippen molar-refractivity contribution in [1.82, 2.24) is 5.16 Å². The number of aromatic nitrogens is 1. The molecule has 110 valence electrons. The Kier molecular flexibility index (Phi) is 2.96. The molecule has 1 saturated heterocycles. The summed E-state index contributed by atoms with van der Waals surface area (Å²) in [6.07, 6.45) is 1.91. The highest BCUT2D eigenvalue weighted by molar-refractivity contribution is 5.77. The topological polar surface area (TPSA) is 79.7 Å². The summed E-state index contributed by atoms with van der Waals surface area (Å²) in [5.41, 5.74) is 8.42. The fourth-order valence-corrected chi connectivity index (χ4v) is 2.82. The van der Waals surface area contributed by atoms with E-state index in [-0.39, 0.29) is 6.10 Å². The summed E-state index contributed by atoms with van der Waals surface area (Å²) in [6.45, 7) is 1.87. The van der Waals surface area contributed by atoms with Crippen LogP contribution in [-0.2, 0) is 4.74 Å². The zero-order valence-electron chi connectivity index (χ0n) is 11.5. The van der Waals surface area contributed by atoms with Crippen molar-refractivity contribution in [2.45, 2.75) is 18.9 Å². The molecule has 0 saturated carbocycles. The molecule has 1 atom stereocenters. The Balaban J connectivity index is 1.77. The van der Waals surface area contributed by atoms with Crippen LogP contribution >= 0.6 is 0 Å². The SMILES string of the molecule is Nc1onc(C2CCCO2)c1-c1ccc2c(c1)OCCO2. The summed E-state index contributed by atoms with van der Waals surface area (Å²) in [5, 5.41) is 4.09. The maximum absolute atomic E-state index is 5.96. The van der Waals surface area contributed by atoms with Gasteiger partial charge in [-0.15, -0.1) is 0 Å². The molecular weight excluding hydrogens is 272 g/mol. The lowest BCUT2D eigenvalue weighted by atomic mass is 10.0. The Morgan fingerprint density at radius 3 is 2.76 bits per heavy atom. The van der Waals surface area contributed by atoms with Crippen LogP contribution in [0.2, 0.25) is 0 Å². The predicted molar refractivity (Wildman–Crippen MR) is 75.3 cm³/mol. The maximum Gasteiger partial charge on any atom is 0.230 e. The van der Waals surface area contributed by atoms with E-state index in [4.69, 9.17) is 24.5 Å². The number of benzene rings is 1. The van der Waals surface area contributed by atoms with Gasteiger partial charge in [-0.1, -0.05) is 11.2 Å². The first-order valence-electron chi connectivity index (χ1n) is 7.09. The molecule has 1 aromatic carbocycles. The molecule has 0 amide bonds. The average Bonchev–Trinajstić information content (AvgIpc) is 3.16. The number of hydrogen-bond acceptors (Lipinski definition) is 6. The summed E-state index contributed by atoms with van der Waals surface area (Å²) in [6, 6.07) is 5.74. The van der Waals surface area contributed by atoms with E-state index in [0.29, 0.717) is 19.1 Å². The highest BCUT2D eigenvalue weighted by atomic mass is 16.6. The van der Waals surface area contributed by atoms with Gasteiger partial charge >= 0.3 is 0 Å². The number of nitrogen functional groups attached to an aromatic ring is 1. The van der Waals surface area contributed by atoms with E-state index in [1.165, 1.54) is 0 Å². The van der Waals surface area contributed by atoms with Gasteiger partial charge in [0.15, 0.2) is 11.5 Å². The molecule has 2 aromatic rings. The van der Waals surface area contributed by atoms with Gasteiger partial charge in [-0.25, -0.2) is 0 Å². The molecule has 21 heavy (non-hydrogen) atoms. The van der Waals surface area contributed by atoms with Crippen molar-refractivity contribution in [2.75, 3.05) is 25.6 Å². The van der Waals surface area contributed by atoms with Gasteiger partial charge in [0.1, 0.15) is 25.0 Å². The van der Waals surface area contributed by atoms with Crippen molar-refractivity contribution in [3.05, 3.63) is 23.9 Å². The highest BCUT2D eigenvalue weighted by Gasteiger charge is 2.28. The van der Waals surface area contributed by atoms with Crippen LogP contribution in [0.1, 0.15) is 24.6 Å². The average molecular weight is 288 g/mol. The molecule has 1 aromatic heterocycles. The zero-order chi connectivity index (χ0) is 14.2.